The smallest absolute Gasteiger partial charge is 0.214 e. The van der Waals surface area contributed by atoms with Crippen molar-refractivity contribution in [2.75, 3.05) is 19.4 Å². The molecule has 7 heteroatoms. The third-order valence-corrected chi connectivity index (χ3v) is 5.60. The Balaban J connectivity index is 2.61. The van der Waals surface area contributed by atoms with Crippen LogP contribution in [0.5, 0.6) is 0 Å². The molecule has 0 aliphatic heterocycles. The molecule has 1 N–H and O–H groups in total. The number of rotatable bonds is 6. The summed E-state index contributed by atoms with van der Waals surface area (Å²) in [6.45, 7) is 0.279. The minimum atomic E-state index is -3.25. The van der Waals surface area contributed by atoms with Gasteiger partial charge < -0.3 is 5.11 Å². The zero-order chi connectivity index (χ0) is 12.2. The van der Waals surface area contributed by atoms with Crippen LogP contribution in [-0.4, -0.2) is 37.2 Å². The minimum Gasteiger partial charge on any atom is -0.396 e. The maximum absolute atomic E-state index is 11.7. The number of hydrogen-bond acceptors (Lipinski definition) is 4. The van der Waals surface area contributed by atoms with Gasteiger partial charge in [-0.25, -0.2) is 8.42 Å². The van der Waals surface area contributed by atoms with Crippen LogP contribution in [0.3, 0.4) is 0 Å². The fourth-order valence-corrected chi connectivity index (χ4v) is 3.88. The molecule has 0 unspecified atom stereocenters. The van der Waals surface area contributed by atoms with Crippen LogP contribution in [0.15, 0.2) is 15.9 Å². The van der Waals surface area contributed by atoms with E-state index < -0.39 is 10.0 Å². The average molecular weight is 328 g/mol. The van der Waals surface area contributed by atoms with Gasteiger partial charge in [0.05, 0.1) is 5.75 Å². The van der Waals surface area contributed by atoms with E-state index in [0.717, 1.165) is 9.35 Å². The van der Waals surface area contributed by atoms with E-state index in [1.54, 1.807) is 7.05 Å². The first kappa shape index (κ1) is 14.1. The molecule has 0 aliphatic rings. The standard InChI is InChI=1S/C9H14BrNO3S2/c1-11(16(13,14)4-2-3-12)6-9-5-8(10)7-15-9/h5,7,12H,2-4,6H2,1H3. The van der Waals surface area contributed by atoms with E-state index in [1.165, 1.54) is 15.6 Å². The molecule has 92 valence electrons. The third-order valence-electron chi connectivity index (χ3n) is 2.04. The van der Waals surface area contributed by atoms with E-state index in [4.69, 9.17) is 5.11 Å². The van der Waals surface area contributed by atoms with Gasteiger partial charge in [0.2, 0.25) is 10.0 Å². The van der Waals surface area contributed by atoms with E-state index >= 15 is 0 Å². The number of aliphatic hydroxyl groups excluding tert-OH is 1. The summed E-state index contributed by atoms with van der Waals surface area (Å²) in [7, 11) is -1.69. The van der Waals surface area contributed by atoms with Crippen LogP contribution in [0.25, 0.3) is 0 Å². The number of sulfonamides is 1. The summed E-state index contributed by atoms with van der Waals surface area (Å²) in [6, 6.07) is 1.91. The molecule has 4 nitrogen and oxygen atoms in total. The lowest BCUT2D eigenvalue weighted by atomic mass is 10.5. The van der Waals surface area contributed by atoms with Gasteiger partial charge in [0, 0.05) is 34.9 Å². The summed E-state index contributed by atoms with van der Waals surface area (Å²) in [6.07, 6.45) is 0.279. The van der Waals surface area contributed by atoms with Crippen molar-refractivity contribution in [3.8, 4) is 0 Å². The first-order valence-corrected chi connectivity index (χ1v) is 8.01. The van der Waals surface area contributed by atoms with Crippen molar-refractivity contribution in [1.82, 2.24) is 4.31 Å². The van der Waals surface area contributed by atoms with E-state index in [-0.39, 0.29) is 18.8 Å². The fourth-order valence-electron chi connectivity index (χ4n) is 1.16. The molecule has 1 aromatic rings. The second-order valence-corrected chi connectivity index (χ2v) is 7.49. The average Bonchev–Trinajstić information content (AvgIpc) is 2.61. The molecular weight excluding hydrogens is 314 g/mol. The highest BCUT2D eigenvalue weighted by molar-refractivity contribution is 9.10. The normalized spacial score (nSPS) is 12.2. The molecular formula is C9H14BrNO3S2. The zero-order valence-electron chi connectivity index (χ0n) is 8.89. The SMILES string of the molecule is CN(Cc1cc(Br)cs1)S(=O)(=O)CCCO. The van der Waals surface area contributed by atoms with Gasteiger partial charge in [-0.15, -0.1) is 11.3 Å². The second-order valence-electron chi connectivity index (χ2n) is 3.38. The molecule has 0 atom stereocenters. The van der Waals surface area contributed by atoms with Gasteiger partial charge in [-0.2, -0.15) is 4.31 Å². The molecule has 0 radical (unpaired) electrons. The Kier molecular flexibility index (Phi) is 5.39. The van der Waals surface area contributed by atoms with Crippen LogP contribution < -0.4 is 0 Å². The molecule has 0 aliphatic carbocycles. The lowest BCUT2D eigenvalue weighted by Crippen LogP contribution is -2.28. The zero-order valence-corrected chi connectivity index (χ0v) is 12.1. The van der Waals surface area contributed by atoms with Gasteiger partial charge in [0.25, 0.3) is 0 Å². The lowest BCUT2D eigenvalue weighted by molar-refractivity contribution is 0.294. The van der Waals surface area contributed by atoms with Crippen LogP contribution in [0.4, 0.5) is 0 Å². The maximum Gasteiger partial charge on any atom is 0.214 e. The molecule has 0 aromatic carbocycles. The number of nitrogens with zero attached hydrogens (tertiary/aromatic N) is 1. The quantitative estimate of drug-likeness (QED) is 0.864. The van der Waals surface area contributed by atoms with E-state index in [1.807, 2.05) is 11.4 Å². The molecule has 0 bridgehead atoms. The summed E-state index contributed by atoms with van der Waals surface area (Å²) in [4.78, 5) is 0.988. The minimum absolute atomic E-state index is 0.00740. The number of thiophene rings is 1. The van der Waals surface area contributed by atoms with E-state index in [0.29, 0.717) is 6.54 Å². The number of hydrogen-bond donors (Lipinski definition) is 1. The van der Waals surface area contributed by atoms with Crippen LogP contribution in [0.2, 0.25) is 0 Å². The highest BCUT2D eigenvalue weighted by Crippen LogP contribution is 2.21. The molecule has 0 amide bonds. The lowest BCUT2D eigenvalue weighted by Gasteiger charge is -2.15. The van der Waals surface area contributed by atoms with Crippen molar-refractivity contribution in [2.45, 2.75) is 13.0 Å². The van der Waals surface area contributed by atoms with Gasteiger partial charge >= 0.3 is 0 Å². The summed E-state index contributed by atoms with van der Waals surface area (Å²) in [5.41, 5.74) is 0. The summed E-state index contributed by atoms with van der Waals surface area (Å²) >= 11 is 4.84. The predicted molar refractivity (Wildman–Crippen MR) is 69.0 cm³/mol. The van der Waals surface area contributed by atoms with Crippen LogP contribution in [0, 0.1) is 0 Å². The fraction of sp³-hybridized carbons (Fsp3) is 0.556. The molecule has 0 spiro atoms. The second kappa shape index (κ2) is 6.11. The molecule has 0 saturated heterocycles. The largest absolute Gasteiger partial charge is 0.396 e. The Morgan fingerprint density at radius 1 is 1.56 bits per heavy atom. The van der Waals surface area contributed by atoms with Crippen LogP contribution >= 0.6 is 27.3 Å². The molecule has 1 aromatic heterocycles. The van der Waals surface area contributed by atoms with Crippen molar-refractivity contribution in [1.29, 1.82) is 0 Å². The Morgan fingerprint density at radius 2 is 2.25 bits per heavy atom. The van der Waals surface area contributed by atoms with Gasteiger partial charge in [-0.1, -0.05) is 0 Å². The number of halogens is 1. The number of aliphatic hydroxyl groups is 1. The first-order valence-electron chi connectivity index (χ1n) is 4.73. The first-order chi connectivity index (χ1) is 7.45. The third kappa shape index (κ3) is 4.14. The summed E-state index contributed by atoms with van der Waals surface area (Å²) in [5.74, 6) is -0.00740. The Bertz CT molecular complexity index is 430. The van der Waals surface area contributed by atoms with E-state index in [2.05, 4.69) is 15.9 Å². The molecule has 1 rings (SSSR count). The maximum atomic E-state index is 11.7. The summed E-state index contributed by atoms with van der Waals surface area (Å²) in [5, 5.41) is 10.5. The van der Waals surface area contributed by atoms with Crippen molar-refractivity contribution in [3.63, 3.8) is 0 Å². The Morgan fingerprint density at radius 3 is 2.75 bits per heavy atom. The highest BCUT2D eigenvalue weighted by atomic mass is 79.9. The highest BCUT2D eigenvalue weighted by Gasteiger charge is 2.17. The molecule has 16 heavy (non-hydrogen) atoms. The van der Waals surface area contributed by atoms with Crippen molar-refractivity contribution >= 4 is 37.3 Å². The molecule has 1 heterocycles. The summed E-state index contributed by atoms with van der Waals surface area (Å²) < 4.78 is 25.7. The van der Waals surface area contributed by atoms with Gasteiger partial charge in [-0.3, -0.25) is 0 Å². The monoisotopic (exact) mass is 327 g/mol. The van der Waals surface area contributed by atoms with Gasteiger partial charge in [-0.05, 0) is 28.4 Å². The van der Waals surface area contributed by atoms with Crippen molar-refractivity contribution in [2.24, 2.45) is 0 Å². The topological polar surface area (TPSA) is 57.6 Å². The van der Waals surface area contributed by atoms with Crippen LogP contribution in [0.1, 0.15) is 11.3 Å². The Hall–Kier alpha value is 0.0500. The van der Waals surface area contributed by atoms with E-state index in [9.17, 15) is 8.42 Å². The Labute approximate surface area is 108 Å². The van der Waals surface area contributed by atoms with Crippen molar-refractivity contribution < 1.29 is 13.5 Å². The predicted octanol–water partition coefficient (Wildman–Crippen LogP) is 1.65. The van der Waals surface area contributed by atoms with Crippen LogP contribution in [-0.2, 0) is 16.6 Å². The van der Waals surface area contributed by atoms with Crippen molar-refractivity contribution in [3.05, 3.63) is 20.8 Å². The van der Waals surface area contributed by atoms with Gasteiger partial charge in [0.15, 0.2) is 0 Å². The molecule has 0 fully saturated rings. The molecule has 0 saturated carbocycles. The van der Waals surface area contributed by atoms with Gasteiger partial charge in [0.1, 0.15) is 0 Å².